The lowest BCUT2D eigenvalue weighted by atomic mass is 9.86. The van der Waals surface area contributed by atoms with Crippen LogP contribution in [0.3, 0.4) is 0 Å². The van der Waals surface area contributed by atoms with Crippen molar-refractivity contribution in [2.24, 2.45) is 0 Å². The third kappa shape index (κ3) is 2.78. The molecule has 0 aliphatic carbocycles. The molecule has 2 N–H and O–H groups in total. The minimum atomic E-state index is -2.32. The Morgan fingerprint density at radius 3 is 2.71 bits per heavy atom. The number of nitrogens with zero attached hydrogens (tertiary/aromatic N) is 1. The Morgan fingerprint density at radius 1 is 1.54 bits per heavy atom. The Balaban J connectivity index is 2.65. The maximum atomic E-state index is 15.8. The van der Waals surface area contributed by atoms with Gasteiger partial charge in [-0.15, -0.1) is 0 Å². The van der Waals surface area contributed by atoms with Crippen molar-refractivity contribution in [1.29, 1.82) is 0 Å². The quantitative estimate of drug-likeness (QED) is 0.730. The van der Waals surface area contributed by atoms with Crippen molar-refractivity contribution in [3.8, 4) is 0 Å². The second-order valence-electron chi connectivity index (χ2n) is 5.96. The maximum Gasteiger partial charge on any atom is 0.330 e. The Hall–Kier alpha value is -2.00. The first-order chi connectivity index (χ1) is 11.2. The molecule has 134 valence electrons. The van der Waals surface area contributed by atoms with Crippen LogP contribution in [0, 0.1) is 0 Å². The van der Waals surface area contributed by atoms with E-state index < -0.39 is 47.4 Å². The Morgan fingerprint density at radius 2 is 2.21 bits per heavy atom. The van der Waals surface area contributed by atoms with Gasteiger partial charge in [0, 0.05) is 19.2 Å². The molecular formula is C15H21FN2O6. The fourth-order valence-electron chi connectivity index (χ4n) is 3.25. The zero-order valence-electron chi connectivity index (χ0n) is 13.7. The van der Waals surface area contributed by atoms with Crippen molar-refractivity contribution in [3.05, 3.63) is 33.1 Å². The zero-order valence-corrected chi connectivity index (χ0v) is 13.7. The van der Waals surface area contributed by atoms with E-state index in [9.17, 15) is 19.5 Å². The fraction of sp³-hybridized carbons (Fsp3) is 0.667. The van der Waals surface area contributed by atoms with Crippen LogP contribution in [0.25, 0.3) is 0 Å². The largest absolute Gasteiger partial charge is 0.456 e. The van der Waals surface area contributed by atoms with E-state index >= 15 is 4.39 Å². The number of esters is 1. The summed E-state index contributed by atoms with van der Waals surface area (Å²) in [4.78, 5) is 36.9. The van der Waals surface area contributed by atoms with Crippen LogP contribution < -0.4 is 11.2 Å². The molecule has 4 atom stereocenters. The number of H-pyrrole nitrogens is 1. The van der Waals surface area contributed by atoms with E-state index in [2.05, 4.69) is 4.98 Å². The molecule has 0 saturated carbocycles. The van der Waals surface area contributed by atoms with Crippen molar-refractivity contribution in [2.75, 3.05) is 6.61 Å². The molecule has 1 aromatic rings. The Bertz CT molecular complexity index is 727. The summed E-state index contributed by atoms with van der Waals surface area (Å²) in [7, 11) is 0. The van der Waals surface area contributed by atoms with E-state index in [1.54, 1.807) is 6.92 Å². The van der Waals surface area contributed by atoms with E-state index in [4.69, 9.17) is 9.47 Å². The van der Waals surface area contributed by atoms with Crippen LogP contribution >= 0.6 is 0 Å². The SMILES string of the molecule is CCC[C@@]1(n2ccc(=O)[nH]c2=O)O[C@H](CO)[C@@H](OC(C)=O)[C@@]1(C)F. The maximum absolute atomic E-state index is 15.8. The zero-order chi connectivity index (χ0) is 18.1. The Labute approximate surface area is 137 Å². The number of aliphatic hydroxyl groups excluding tert-OH is 1. The normalized spacial score (nSPS) is 32.7. The average molecular weight is 344 g/mol. The predicted molar refractivity (Wildman–Crippen MR) is 81.2 cm³/mol. The summed E-state index contributed by atoms with van der Waals surface area (Å²) in [5, 5.41) is 9.51. The van der Waals surface area contributed by atoms with Crippen LogP contribution in [0.15, 0.2) is 21.9 Å². The van der Waals surface area contributed by atoms with Gasteiger partial charge in [-0.05, 0) is 13.3 Å². The van der Waals surface area contributed by atoms with Crippen molar-refractivity contribution >= 4 is 5.97 Å². The van der Waals surface area contributed by atoms with Crippen molar-refractivity contribution in [3.63, 3.8) is 0 Å². The third-order valence-corrected chi connectivity index (χ3v) is 4.26. The number of alkyl halides is 1. The number of aliphatic hydroxyl groups is 1. The Kier molecular flexibility index (Phi) is 4.95. The molecular weight excluding hydrogens is 323 g/mol. The highest BCUT2D eigenvalue weighted by molar-refractivity contribution is 5.66. The van der Waals surface area contributed by atoms with E-state index in [1.165, 1.54) is 0 Å². The highest BCUT2D eigenvalue weighted by Gasteiger charge is 2.67. The monoisotopic (exact) mass is 344 g/mol. The molecule has 0 amide bonds. The first kappa shape index (κ1) is 18.3. The summed E-state index contributed by atoms with van der Waals surface area (Å²) >= 11 is 0. The van der Waals surface area contributed by atoms with Crippen LogP contribution in [0.5, 0.6) is 0 Å². The molecule has 9 heteroatoms. The van der Waals surface area contributed by atoms with Gasteiger partial charge >= 0.3 is 11.7 Å². The van der Waals surface area contributed by atoms with Crippen LogP contribution in [-0.4, -0.2) is 45.1 Å². The van der Waals surface area contributed by atoms with Gasteiger partial charge in [0.25, 0.3) is 5.56 Å². The highest BCUT2D eigenvalue weighted by Crippen LogP contribution is 2.49. The number of rotatable bonds is 5. The first-order valence-corrected chi connectivity index (χ1v) is 7.67. The molecule has 0 bridgehead atoms. The molecule has 1 aliphatic heterocycles. The summed E-state index contributed by atoms with van der Waals surface area (Å²) in [6, 6.07) is 1.07. The van der Waals surface area contributed by atoms with Crippen LogP contribution in [0.1, 0.15) is 33.6 Å². The van der Waals surface area contributed by atoms with Gasteiger partial charge in [-0.25, -0.2) is 9.18 Å². The number of hydrogen-bond acceptors (Lipinski definition) is 6. The average Bonchev–Trinajstić information content (AvgIpc) is 2.68. The molecule has 8 nitrogen and oxygen atoms in total. The molecule has 2 heterocycles. The molecule has 0 spiro atoms. The second-order valence-corrected chi connectivity index (χ2v) is 5.96. The van der Waals surface area contributed by atoms with Gasteiger partial charge < -0.3 is 14.6 Å². The molecule has 24 heavy (non-hydrogen) atoms. The number of halogens is 1. The molecule has 0 unspecified atom stereocenters. The van der Waals surface area contributed by atoms with E-state index in [1.807, 2.05) is 0 Å². The molecule has 0 radical (unpaired) electrons. The minimum Gasteiger partial charge on any atom is -0.456 e. The topological polar surface area (TPSA) is 111 Å². The van der Waals surface area contributed by atoms with Crippen LogP contribution in [0.4, 0.5) is 4.39 Å². The van der Waals surface area contributed by atoms with Gasteiger partial charge in [-0.1, -0.05) is 13.3 Å². The predicted octanol–water partition coefficient (Wildman–Crippen LogP) is 0.0405. The number of ether oxygens (including phenoxy) is 2. The number of carbonyl (C=O) groups excluding carboxylic acids is 1. The van der Waals surface area contributed by atoms with Crippen molar-refractivity contribution < 1.29 is 23.8 Å². The molecule has 1 fully saturated rings. The standard InChI is InChI=1S/C15H21FN2O6/c1-4-6-15(18-7-5-11(21)17-13(18)22)14(3,16)12(23-9(2)20)10(8-19)24-15/h5,7,10,12,19H,4,6,8H2,1-3H3,(H,17,21,22)/t10-,12-,14-,15-/m1/s1. The summed E-state index contributed by atoms with van der Waals surface area (Å²) in [6.07, 6.45) is -0.894. The van der Waals surface area contributed by atoms with Gasteiger partial charge in [-0.3, -0.25) is 19.1 Å². The van der Waals surface area contributed by atoms with Gasteiger partial charge in [0.15, 0.2) is 17.5 Å². The van der Waals surface area contributed by atoms with E-state index in [-0.39, 0.29) is 6.42 Å². The molecule has 1 aliphatic rings. The minimum absolute atomic E-state index is 0.0697. The highest BCUT2D eigenvalue weighted by atomic mass is 19.1. The van der Waals surface area contributed by atoms with E-state index in [0.717, 1.165) is 30.7 Å². The number of aromatic amines is 1. The lowest BCUT2D eigenvalue weighted by Gasteiger charge is -2.39. The van der Waals surface area contributed by atoms with Crippen LogP contribution in [0.2, 0.25) is 0 Å². The van der Waals surface area contributed by atoms with Crippen molar-refractivity contribution in [2.45, 2.75) is 57.2 Å². The number of nitrogens with one attached hydrogen (secondary N) is 1. The molecule has 1 saturated heterocycles. The number of aromatic nitrogens is 2. The number of carbonyl (C=O) groups is 1. The lowest BCUT2D eigenvalue weighted by Crippen LogP contribution is -2.57. The van der Waals surface area contributed by atoms with Crippen molar-refractivity contribution in [1.82, 2.24) is 9.55 Å². The molecule has 1 aromatic heterocycles. The summed E-state index contributed by atoms with van der Waals surface area (Å²) in [5.41, 5.74) is -5.61. The lowest BCUT2D eigenvalue weighted by molar-refractivity contribution is -0.170. The summed E-state index contributed by atoms with van der Waals surface area (Å²) < 4.78 is 27.5. The van der Waals surface area contributed by atoms with Gasteiger partial charge in [0.05, 0.1) is 6.61 Å². The number of hydrogen-bond donors (Lipinski definition) is 2. The van der Waals surface area contributed by atoms with Gasteiger partial charge in [0.2, 0.25) is 0 Å². The summed E-state index contributed by atoms with van der Waals surface area (Å²) in [5.74, 6) is -0.730. The first-order valence-electron chi connectivity index (χ1n) is 7.67. The second kappa shape index (κ2) is 6.48. The smallest absolute Gasteiger partial charge is 0.330 e. The molecule has 2 rings (SSSR count). The van der Waals surface area contributed by atoms with Gasteiger partial charge in [0.1, 0.15) is 6.10 Å². The third-order valence-electron chi connectivity index (χ3n) is 4.26. The fourth-order valence-corrected chi connectivity index (χ4v) is 3.25. The molecule has 0 aromatic carbocycles. The van der Waals surface area contributed by atoms with Crippen LogP contribution in [-0.2, 0) is 20.0 Å². The van der Waals surface area contributed by atoms with Gasteiger partial charge in [-0.2, -0.15) is 0 Å². The summed E-state index contributed by atoms with van der Waals surface area (Å²) in [6.45, 7) is 3.45. The van der Waals surface area contributed by atoms with E-state index in [0.29, 0.717) is 6.42 Å².